The molecule has 15 heteroatoms. The number of aromatic amines is 1. The van der Waals surface area contributed by atoms with Crippen LogP contribution in [0.5, 0.6) is 0 Å². The second-order valence-electron chi connectivity index (χ2n) is 6.39. The van der Waals surface area contributed by atoms with E-state index in [-0.39, 0.29) is 6.61 Å². The van der Waals surface area contributed by atoms with E-state index in [0.717, 1.165) is 23.8 Å². The number of H-pyrrole nitrogens is 1. The number of rotatable bonds is 9. The van der Waals surface area contributed by atoms with Crippen molar-refractivity contribution in [1.82, 2.24) is 9.55 Å². The molecule has 0 bridgehead atoms. The minimum absolute atomic E-state index is 0.0508. The van der Waals surface area contributed by atoms with Gasteiger partial charge in [-0.3, -0.25) is 14.3 Å². The van der Waals surface area contributed by atoms with Gasteiger partial charge >= 0.3 is 20.1 Å². The monoisotopic (exact) mass is 455 g/mol. The third kappa shape index (κ3) is 5.09. The predicted molar refractivity (Wildman–Crippen MR) is 94.4 cm³/mol. The smallest absolute Gasteiger partial charge is 0.435 e. The summed E-state index contributed by atoms with van der Waals surface area (Å²) in [7, 11) is -2.94. The Bertz CT molecular complexity index is 888. The van der Waals surface area contributed by atoms with Crippen molar-refractivity contribution < 1.29 is 47.2 Å². The van der Waals surface area contributed by atoms with Crippen molar-refractivity contribution in [2.45, 2.75) is 37.4 Å². The second-order valence-corrected chi connectivity index (χ2v) is 7.35. The number of nitrogens with zero attached hydrogens (tertiary/aromatic N) is 1. The van der Waals surface area contributed by atoms with Gasteiger partial charge in [-0.15, -0.1) is 4.52 Å². The van der Waals surface area contributed by atoms with Crippen molar-refractivity contribution in [2.75, 3.05) is 26.7 Å². The molecular formula is C15H21FN2O11P+. The van der Waals surface area contributed by atoms with Gasteiger partial charge in [0.05, 0.1) is 6.61 Å². The molecule has 1 aliphatic heterocycles. The topological polar surface area (TPSA) is 176 Å². The molecular weight excluding hydrogens is 434 g/mol. The van der Waals surface area contributed by atoms with Crippen molar-refractivity contribution in [2.24, 2.45) is 0 Å². The number of hydrogen-bond acceptors (Lipinski definition) is 11. The maximum Gasteiger partial charge on any atom is 0.701 e. The summed E-state index contributed by atoms with van der Waals surface area (Å²) < 4.78 is 50.1. The highest BCUT2D eigenvalue weighted by molar-refractivity contribution is 7.33. The fourth-order valence-corrected chi connectivity index (χ4v) is 3.29. The fourth-order valence-electron chi connectivity index (χ4n) is 2.76. The maximum atomic E-state index is 13.9. The van der Waals surface area contributed by atoms with Gasteiger partial charge in [0.2, 0.25) is 0 Å². The van der Waals surface area contributed by atoms with Crippen LogP contribution < -0.4 is 11.2 Å². The molecule has 3 N–H and O–H groups in total. The summed E-state index contributed by atoms with van der Waals surface area (Å²) in [6, 6.07) is 0.966. The zero-order chi connectivity index (χ0) is 22.5. The first kappa shape index (κ1) is 24.1. The second kappa shape index (κ2) is 9.73. The van der Waals surface area contributed by atoms with Crippen molar-refractivity contribution in [3.05, 3.63) is 33.1 Å². The molecule has 0 saturated carbocycles. The molecule has 13 nitrogen and oxygen atoms in total. The van der Waals surface area contributed by atoms with E-state index in [0.29, 0.717) is 0 Å². The number of ether oxygens (including phenoxy) is 3. The van der Waals surface area contributed by atoms with Crippen LogP contribution in [0.15, 0.2) is 21.9 Å². The maximum absolute atomic E-state index is 13.9. The van der Waals surface area contributed by atoms with Crippen LogP contribution in [0.3, 0.4) is 0 Å². The lowest BCUT2D eigenvalue weighted by molar-refractivity contribution is -0.136. The molecule has 30 heavy (non-hydrogen) atoms. The van der Waals surface area contributed by atoms with E-state index in [1.807, 2.05) is 4.98 Å². The first-order valence-corrected chi connectivity index (χ1v) is 9.65. The van der Waals surface area contributed by atoms with Crippen molar-refractivity contribution in [3.63, 3.8) is 0 Å². The molecule has 0 amide bonds. The van der Waals surface area contributed by atoms with Gasteiger partial charge < -0.3 is 24.4 Å². The number of carbonyl (C=O) groups excluding carboxylic acids is 1. The van der Waals surface area contributed by atoms with Crippen LogP contribution in [-0.2, 0) is 27.8 Å². The quantitative estimate of drug-likeness (QED) is 0.253. The number of aliphatic hydroxyl groups excluding tert-OH is 1. The lowest BCUT2D eigenvalue weighted by atomic mass is 9.88. The number of carbonyl (C=O) groups is 1. The summed E-state index contributed by atoms with van der Waals surface area (Å²) in [6.45, 7) is -0.368. The van der Waals surface area contributed by atoms with Gasteiger partial charge in [0.15, 0.2) is 11.8 Å². The Hall–Kier alpha value is -2.22. The van der Waals surface area contributed by atoms with Gasteiger partial charge in [0, 0.05) is 16.8 Å². The predicted octanol–water partition coefficient (Wildman–Crippen LogP) is -0.293. The minimum atomic E-state index is -2.94. The largest absolute Gasteiger partial charge is 0.701 e. The number of aliphatic hydroxyl groups is 2. The number of alkyl halides is 1. The molecule has 0 aliphatic carbocycles. The average Bonchev–Trinajstić information content (AvgIpc) is 2.88. The summed E-state index contributed by atoms with van der Waals surface area (Å²) in [5.41, 5.74) is -6.10. The number of aromatic nitrogens is 2. The Kier molecular flexibility index (Phi) is 7.80. The van der Waals surface area contributed by atoms with Crippen LogP contribution in [0.4, 0.5) is 9.18 Å². The van der Waals surface area contributed by atoms with E-state index in [4.69, 9.17) is 9.26 Å². The first-order chi connectivity index (χ1) is 14.1. The zero-order valence-electron chi connectivity index (χ0n) is 16.0. The van der Waals surface area contributed by atoms with Crippen LogP contribution in [0.25, 0.3) is 0 Å². The molecule has 1 unspecified atom stereocenters. The lowest BCUT2D eigenvalue weighted by Crippen LogP contribution is -2.53. The highest BCUT2D eigenvalue weighted by Crippen LogP contribution is 2.45. The molecule has 2 rings (SSSR count). The molecule has 0 radical (unpaired) electrons. The van der Waals surface area contributed by atoms with Crippen LogP contribution >= 0.6 is 8.25 Å². The first-order valence-electron chi connectivity index (χ1n) is 8.55. The SMILES string of the molecule is CCOC(=O)OCO[P+](=O)OC[C@@]1(CF)O[C@@H](n2ccc(=O)[nH]c2=O)[C@](C)(O)[C@@H]1O. The van der Waals surface area contributed by atoms with E-state index in [1.54, 1.807) is 6.92 Å². The van der Waals surface area contributed by atoms with E-state index in [9.17, 15) is 33.6 Å². The Balaban J connectivity index is 2.08. The molecule has 168 valence electrons. The molecule has 1 aromatic heterocycles. The van der Waals surface area contributed by atoms with Gasteiger partial charge in [0.25, 0.3) is 12.4 Å². The minimum Gasteiger partial charge on any atom is -0.435 e. The van der Waals surface area contributed by atoms with Crippen molar-refractivity contribution in [1.29, 1.82) is 0 Å². The number of halogens is 1. The van der Waals surface area contributed by atoms with Crippen LogP contribution in [0, 0.1) is 0 Å². The van der Waals surface area contributed by atoms with E-state index in [2.05, 4.69) is 14.0 Å². The van der Waals surface area contributed by atoms with Gasteiger partial charge in [-0.2, -0.15) is 0 Å². The summed E-state index contributed by atoms with van der Waals surface area (Å²) in [5.74, 6) is 0. The molecule has 1 aliphatic rings. The van der Waals surface area contributed by atoms with E-state index < -0.39 is 69.3 Å². The average molecular weight is 455 g/mol. The van der Waals surface area contributed by atoms with Gasteiger partial charge in [-0.25, -0.2) is 14.0 Å². The Morgan fingerprint density at radius 1 is 1.40 bits per heavy atom. The molecule has 1 aromatic rings. The summed E-state index contributed by atoms with van der Waals surface area (Å²) in [5, 5.41) is 21.1. The molecule has 0 spiro atoms. The van der Waals surface area contributed by atoms with E-state index in [1.165, 1.54) is 0 Å². The molecule has 2 heterocycles. The highest BCUT2D eigenvalue weighted by Gasteiger charge is 2.63. The van der Waals surface area contributed by atoms with Crippen LogP contribution in [0.2, 0.25) is 0 Å². The van der Waals surface area contributed by atoms with Gasteiger partial charge in [0.1, 0.15) is 25.0 Å². The molecule has 5 atom stereocenters. The third-order valence-corrected chi connectivity index (χ3v) is 4.90. The molecule has 1 fully saturated rings. The fraction of sp³-hybridized carbons (Fsp3) is 0.667. The molecule has 0 aromatic carbocycles. The third-order valence-electron chi connectivity index (χ3n) is 4.24. The number of hydrogen-bond donors (Lipinski definition) is 3. The summed E-state index contributed by atoms with van der Waals surface area (Å²) in [6.07, 6.45) is -3.61. The van der Waals surface area contributed by atoms with Crippen molar-refractivity contribution in [3.8, 4) is 0 Å². The Morgan fingerprint density at radius 2 is 2.10 bits per heavy atom. The Labute approximate surface area is 169 Å². The summed E-state index contributed by atoms with van der Waals surface area (Å²) >= 11 is 0. The molecule has 1 saturated heterocycles. The Morgan fingerprint density at radius 3 is 2.70 bits per heavy atom. The van der Waals surface area contributed by atoms with Crippen LogP contribution in [-0.4, -0.2) is 69.9 Å². The lowest BCUT2D eigenvalue weighted by Gasteiger charge is -2.29. The van der Waals surface area contributed by atoms with Gasteiger partial charge in [-0.05, 0) is 13.8 Å². The summed E-state index contributed by atoms with van der Waals surface area (Å²) in [4.78, 5) is 36.1. The normalized spacial score (nSPS) is 28.9. The standard InChI is InChI=1S/C15H20FN2O11P/c1-3-25-13(22)26-8-28-30(24)27-7-15(6-16)10(20)14(2,23)11(29-15)18-5-4-9(19)17-12(18)21/h4-5,10-11,20,23H,3,6-8H2,1-2H3/p+1/t10-,11+,14+,15+/m0/s1. The van der Waals surface area contributed by atoms with E-state index >= 15 is 0 Å². The van der Waals surface area contributed by atoms with Crippen molar-refractivity contribution >= 4 is 14.4 Å². The van der Waals surface area contributed by atoms with Crippen LogP contribution in [0.1, 0.15) is 20.1 Å². The van der Waals surface area contributed by atoms with Gasteiger partial charge in [-0.1, -0.05) is 4.52 Å². The zero-order valence-corrected chi connectivity index (χ0v) is 16.9. The number of nitrogens with one attached hydrogen (secondary N) is 1. The highest BCUT2D eigenvalue weighted by atomic mass is 31.1.